The van der Waals surface area contributed by atoms with Crippen molar-refractivity contribution in [3.8, 4) is 0 Å². The number of hydrogen-bond acceptors (Lipinski definition) is 3. The average molecular weight is 188 g/mol. The standard InChI is InChI=1S/C11H12N2O/c1-8(7-14)10-4-2-3-9-5-12-13-6-11(9)10/h2-6,8,14H,7H2,1H3. The molecule has 0 amide bonds. The van der Waals surface area contributed by atoms with Gasteiger partial charge in [0.15, 0.2) is 0 Å². The third-order valence-electron chi connectivity index (χ3n) is 2.43. The van der Waals surface area contributed by atoms with Gasteiger partial charge in [0.1, 0.15) is 0 Å². The maximum absolute atomic E-state index is 9.11. The van der Waals surface area contributed by atoms with Gasteiger partial charge in [-0.1, -0.05) is 25.1 Å². The first-order valence-electron chi connectivity index (χ1n) is 4.63. The summed E-state index contributed by atoms with van der Waals surface area (Å²) in [5.74, 6) is 0.142. The van der Waals surface area contributed by atoms with Gasteiger partial charge < -0.3 is 5.11 Å². The fourth-order valence-corrected chi connectivity index (χ4v) is 1.58. The average Bonchev–Trinajstić information content (AvgIpc) is 2.27. The first kappa shape index (κ1) is 9.09. The topological polar surface area (TPSA) is 46.0 Å². The SMILES string of the molecule is CC(CO)c1cccc2cnncc12. The minimum Gasteiger partial charge on any atom is -0.396 e. The minimum absolute atomic E-state index is 0.142. The smallest absolute Gasteiger partial charge is 0.0577 e. The number of hydrogen-bond donors (Lipinski definition) is 1. The van der Waals surface area contributed by atoms with Gasteiger partial charge in [-0.25, -0.2) is 0 Å². The summed E-state index contributed by atoms with van der Waals surface area (Å²) in [6, 6.07) is 5.99. The van der Waals surface area contributed by atoms with Crippen LogP contribution >= 0.6 is 0 Å². The van der Waals surface area contributed by atoms with Crippen LogP contribution in [-0.4, -0.2) is 21.9 Å². The van der Waals surface area contributed by atoms with Crippen LogP contribution in [0.3, 0.4) is 0 Å². The summed E-state index contributed by atoms with van der Waals surface area (Å²) in [5, 5.41) is 18.9. The van der Waals surface area contributed by atoms with Crippen molar-refractivity contribution in [2.24, 2.45) is 0 Å². The molecule has 72 valence electrons. The third kappa shape index (κ3) is 1.46. The summed E-state index contributed by atoms with van der Waals surface area (Å²) in [6.45, 7) is 2.15. The highest BCUT2D eigenvalue weighted by molar-refractivity contribution is 5.84. The van der Waals surface area contributed by atoms with Crippen molar-refractivity contribution in [1.29, 1.82) is 0 Å². The summed E-state index contributed by atoms with van der Waals surface area (Å²) in [7, 11) is 0. The Kier molecular flexibility index (Phi) is 2.41. The molecule has 0 aliphatic rings. The van der Waals surface area contributed by atoms with E-state index in [0.717, 1.165) is 16.3 Å². The monoisotopic (exact) mass is 188 g/mol. The quantitative estimate of drug-likeness (QED) is 0.780. The zero-order valence-electron chi connectivity index (χ0n) is 8.01. The van der Waals surface area contributed by atoms with Crippen LogP contribution in [0.4, 0.5) is 0 Å². The van der Waals surface area contributed by atoms with Crippen molar-refractivity contribution in [3.05, 3.63) is 36.2 Å². The Bertz CT molecular complexity index is 437. The lowest BCUT2D eigenvalue weighted by Gasteiger charge is -2.10. The number of fused-ring (bicyclic) bond motifs is 1. The summed E-state index contributed by atoms with van der Waals surface area (Å²) in [6.07, 6.45) is 3.49. The van der Waals surface area contributed by atoms with E-state index in [1.165, 1.54) is 0 Å². The second-order valence-electron chi connectivity index (χ2n) is 3.42. The van der Waals surface area contributed by atoms with Crippen molar-refractivity contribution in [3.63, 3.8) is 0 Å². The summed E-state index contributed by atoms with van der Waals surface area (Å²) >= 11 is 0. The highest BCUT2D eigenvalue weighted by atomic mass is 16.3. The molecule has 0 aliphatic carbocycles. The van der Waals surface area contributed by atoms with Crippen LogP contribution in [0.1, 0.15) is 18.4 Å². The predicted molar refractivity (Wildman–Crippen MR) is 55.0 cm³/mol. The van der Waals surface area contributed by atoms with E-state index in [-0.39, 0.29) is 12.5 Å². The number of aromatic nitrogens is 2. The van der Waals surface area contributed by atoms with Crippen LogP contribution in [0.2, 0.25) is 0 Å². The fourth-order valence-electron chi connectivity index (χ4n) is 1.58. The largest absolute Gasteiger partial charge is 0.396 e. The molecule has 3 heteroatoms. The second-order valence-corrected chi connectivity index (χ2v) is 3.42. The molecule has 2 rings (SSSR count). The van der Waals surface area contributed by atoms with Crippen molar-refractivity contribution < 1.29 is 5.11 Å². The van der Waals surface area contributed by atoms with E-state index in [9.17, 15) is 0 Å². The molecule has 1 unspecified atom stereocenters. The molecule has 1 N–H and O–H groups in total. The number of benzene rings is 1. The fraction of sp³-hybridized carbons (Fsp3) is 0.273. The van der Waals surface area contributed by atoms with Crippen LogP contribution in [0.15, 0.2) is 30.6 Å². The summed E-state index contributed by atoms with van der Waals surface area (Å²) in [4.78, 5) is 0. The van der Waals surface area contributed by atoms with E-state index in [2.05, 4.69) is 10.2 Å². The zero-order chi connectivity index (χ0) is 9.97. The highest BCUT2D eigenvalue weighted by Crippen LogP contribution is 2.23. The molecule has 0 saturated heterocycles. The Morgan fingerprint density at radius 2 is 2.07 bits per heavy atom. The van der Waals surface area contributed by atoms with Crippen molar-refractivity contribution in [2.45, 2.75) is 12.8 Å². The molecule has 2 aromatic rings. The van der Waals surface area contributed by atoms with Gasteiger partial charge in [-0.05, 0) is 5.56 Å². The van der Waals surface area contributed by atoms with Gasteiger partial charge >= 0.3 is 0 Å². The molecule has 3 nitrogen and oxygen atoms in total. The maximum Gasteiger partial charge on any atom is 0.0577 e. The van der Waals surface area contributed by atoms with Gasteiger partial charge in [-0.2, -0.15) is 10.2 Å². The minimum atomic E-state index is 0.142. The van der Waals surface area contributed by atoms with Crippen LogP contribution in [0, 0.1) is 0 Å². The zero-order valence-corrected chi connectivity index (χ0v) is 8.01. The Morgan fingerprint density at radius 3 is 2.86 bits per heavy atom. The van der Waals surface area contributed by atoms with Gasteiger partial charge in [0.05, 0.1) is 12.4 Å². The summed E-state index contributed by atoms with van der Waals surface area (Å²) < 4.78 is 0. The predicted octanol–water partition coefficient (Wildman–Crippen LogP) is 1.73. The van der Waals surface area contributed by atoms with Crippen LogP contribution < -0.4 is 0 Å². The molecule has 1 atom stereocenters. The third-order valence-corrected chi connectivity index (χ3v) is 2.43. The number of rotatable bonds is 2. The van der Waals surface area contributed by atoms with Crippen LogP contribution in [0.5, 0.6) is 0 Å². The highest BCUT2D eigenvalue weighted by Gasteiger charge is 2.07. The maximum atomic E-state index is 9.11. The second kappa shape index (κ2) is 3.72. The van der Waals surface area contributed by atoms with Crippen molar-refractivity contribution in [2.75, 3.05) is 6.61 Å². The molecular weight excluding hydrogens is 176 g/mol. The van der Waals surface area contributed by atoms with E-state index >= 15 is 0 Å². The van der Waals surface area contributed by atoms with Gasteiger partial charge in [-0.15, -0.1) is 0 Å². The molecule has 1 aromatic carbocycles. The van der Waals surface area contributed by atoms with Crippen LogP contribution in [-0.2, 0) is 0 Å². The summed E-state index contributed by atoms with van der Waals surface area (Å²) in [5.41, 5.74) is 1.12. The van der Waals surface area contributed by atoms with Crippen molar-refractivity contribution in [1.82, 2.24) is 10.2 Å². The molecule has 0 fully saturated rings. The van der Waals surface area contributed by atoms with Gasteiger partial charge in [0.25, 0.3) is 0 Å². The van der Waals surface area contributed by atoms with Crippen molar-refractivity contribution >= 4 is 10.8 Å². The Balaban J connectivity index is 2.65. The molecule has 14 heavy (non-hydrogen) atoms. The van der Waals surface area contributed by atoms with Gasteiger partial charge in [-0.3, -0.25) is 0 Å². The number of aliphatic hydroxyl groups is 1. The molecule has 0 aliphatic heterocycles. The first-order chi connectivity index (χ1) is 6.83. The Hall–Kier alpha value is -1.48. The molecule has 1 heterocycles. The molecule has 0 radical (unpaired) electrons. The first-order valence-corrected chi connectivity index (χ1v) is 4.63. The van der Waals surface area contributed by atoms with E-state index < -0.39 is 0 Å². The van der Waals surface area contributed by atoms with Crippen LogP contribution in [0.25, 0.3) is 10.8 Å². The Morgan fingerprint density at radius 1 is 1.29 bits per heavy atom. The lowest BCUT2D eigenvalue weighted by molar-refractivity contribution is 0.273. The number of aliphatic hydroxyl groups excluding tert-OH is 1. The van der Waals surface area contributed by atoms with Gasteiger partial charge in [0, 0.05) is 23.3 Å². The lowest BCUT2D eigenvalue weighted by atomic mass is 9.97. The molecule has 0 saturated carbocycles. The lowest BCUT2D eigenvalue weighted by Crippen LogP contribution is -1.99. The molecule has 0 bridgehead atoms. The molecule has 0 spiro atoms. The van der Waals surface area contributed by atoms with E-state index in [0.29, 0.717) is 0 Å². The van der Waals surface area contributed by atoms with Gasteiger partial charge in [0.2, 0.25) is 0 Å². The van der Waals surface area contributed by atoms with E-state index in [1.54, 1.807) is 12.4 Å². The normalized spacial score (nSPS) is 13.0. The Labute approximate surface area is 82.4 Å². The molecular formula is C11H12N2O. The van der Waals surface area contributed by atoms with E-state index in [1.807, 2.05) is 25.1 Å². The van der Waals surface area contributed by atoms with E-state index in [4.69, 9.17) is 5.11 Å². The number of nitrogens with zero attached hydrogens (tertiary/aromatic N) is 2. The molecule has 1 aromatic heterocycles.